The molecule has 0 heterocycles. The van der Waals surface area contributed by atoms with Gasteiger partial charge in [0.1, 0.15) is 17.3 Å². The lowest BCUT2D eigenvalue weighted by molar-refractivity contribution is 0.395. The summed E-state index contributed by atoms with van der Waals surface area (Å²) in [6.07, 6.45) is 0. The van der Waals surface area contributed by atoms with E-state index in [1.54, 1.807) is 31.4 Å². The van der Waals surface area contributed by atoms with Crippen LogP contribution in [0.5, 0.6) is 11.5 Å². The van der Waals surface area contributed by atoms with Crippen LogP contribution in [-0.4, -0.2) is 14.2 Å². The Morgan fingerprint density at radius 3 is 2.48 bits per heavy atom. The molecule has 112 valence electrons. The van der Waals surface area contributed by atoms with Gasteiger partial charge in [-0.05, 0) is 17.7 Å². The normalized spacial score (nSPS) is 10.3. The Morgan fingerprint density at radius 2 is 1.81 bits per heavy atom. The van der Waals surface area contributed by atoms with Crippen molar-refractivity contribution in [2.45, 2.75) is 6.54 Å². The van der Waals surface area contributed by atoms with Gasteiger partial charge in [0, 0.05) is 12.6 Å². The zero-order valence-corrected chi connectivity index (χ0v) is 13.1. The summed E-state index contributed by atoms with van der Waals surface area (Å²) in [6.45, 7) is 0.343. The molecular formula is C15H14Cl2FNO2. The van der Waals surface area contributed by atoms with Crippen molar-refractivity contribution in [1.29, 1.82) is 0 Å². The van der Waals surface area contributed by atoms with Crippen LogP contribution in [0.15, 0.2) is 30.3 Å². The van der Waals surface area contributed by atoms with Gasteiger partial charge in [-0.1, -0.05) is 35.3 Å². The highest BCUT2D eigenvalue weighted by Crippen LogP contribution is 2.36. The average molecular weight is 330 g/mol. The molecule has 0 spiro atoms. The summed E-state index contributed by atoms with van der Waals surface area (Å²) in [7, 11) is 3.07. The fraction of sp³-hybridized carbons (Fsp3) is 0.200. The number of anilines is 1. The van der Waals surface area contributed by atoms with Crippen LogP contribution in [0.2, 0.25) is 10.0 Å². The third-order valence-electron chi connectivity index (χ3n) is 2.97. The highest BCUT2D eigenvalue weighted by molar-refractivity contribution is 6.32. The first-order valence-corrected chi connectivity index (χ1v) is 6.90. The number of halogens is 3. The topological polar surface area (TPSA) is 30.5 Å². The summed E-state index contributed by atoms with van der Waals surface area (Å²) in [5.41, 5.74) is 1.31. The first-order chi connectivity index (χ1) is 10.1. The Balaban J connectivity index is 2.23. The number of hydrogen-bond acceptors (Lipinski definition) is 3. The van der Waals surface area contributed by atoms with E-state index in [0.717, 1.165) is 0 Å². The lowest BCUT2D eigenvalue weighted by Gasteiger charge is -2.14. The van der Waals surface area contributed by atoms with Gasteiger partial charge >= 0.3 is 0 Å². The van der Waals surface area contributed by atoms with Crippen LogP contribution < -0.4 is 14.8 Å². The number of benzene rings is 2. The van der Waals surface area contributed by atoms with Crippen molar-refractivity contribution in [3.05, 3.63) is 51.8 Å². The zero-order chi connectivity index (χ0) is 15.4. The van der Waals surface area contributed by atoms with E-state index in [-0.39, 0.29) is 5.02 Å². The second-order valence-corrected chi connectivity index (χ2v) is 5.04. The van der Waals surface area contributed by atoms with Crippen molar-refractivity contribution in [2.75, 3.05) is 19.5 Å². The number of nitrogens with one attached hydrogen (secondary N) is 1. The third-order valence-corrected chi connectivity index (χ3v) is 3.69. The van der Waals surface area contributed by atoms with E-state index in [1.165, 1.54) is 13.2 Å². The smallest absolute Gasteiger partial charge is 0.145 e. The van der Waals surface area contributed by atoms with E-state index < -0.39 is 5.82 Å². The molecule has 1 N–H and O–H groups in total. The third kappa shape index (κ3) is 3.52. The Bertz CT molecular complexity index is 650. The summed E-state index contributed by atoms with van der Waals surface area (Å²) in [4.78, 5) is 0. The molecule has 21 heavy (non-hydrogen) atoms. The quantitative estimate of drug-likeness (QED) is 0.857. The van der Waals surface area contributed by atoms with Crippen molar-refractivity contribution in [3.8, 4) is 11.5 Å². The Labute approximate surface area is 132 Å². The molecule has 0 bridgehead atoms. The van der Waals surface area contributed by atoms with Crippen LogP contribution >= 0.6 is 23.2 Å². The minimum atomic E-state index is -0.448. The molecule has 0 unspecified atom stereocenters. The van der Waals surface area contributed by atoms with Crippen LogP contribution in [0.25, 0.3) is 0 Å². The van der Waals surface area contributed by atoms with Gasteiger partial charge in [-0.3, -0.25) is 0 Å². The maximum absolute atomic E-state index is 13.4. The van der Waals surface area contributed by atoms with Gasteiger partial charge in [-0.15, -0.1) is 0 Å². The molecule has 0 radical (unpaired) electrons. The van der Waals surface area contributed by atoms with Gasteiger partial charge < -0.3 is 14.8 Å². The standard InChI is InChI=1S/C15H14Cl2FNO2/c1-20-13-7-14(21-2)12(6-10(13)16)19-8-9-4-3-5-11(18)15(9)17/h3-7,19H,8H2,1-2H3. The molecule has 2 rings (SSSR count). The summed E-state index contributed by atoms with van der Waals surface area (Å²) in [5, 5.41) is 3.68. The van der Waals surface area contributed by atoms with Crippen molar-refractivity contribution >= 4 is 28.9 Å². The van der Waals surface area contributed by atoms with E-state index >= 15 is 0 Å². The molecule has 0 saturated carbocycles. The molecule has 0 amide bonds. The monoisotopic (exact) mass is 329 g/mol. The van der Waals surface area contributed by atoms with Gasteiger partial charge in [0.25, 0.3) is 0 Å². The fourth-order valence-electron chi connectivity index (χ4n) is 1.87. The van der Waals surface area contributed by atoms with Gasteiger partial charge in [-0.2, -0.15) is 0 Å². The first-order valence-electron chi connectivity index (χ1n) is 6.15. The predicted octanol–water partition coefficient (Wildman–Crippen LogP) is 4.76. The Kier molecular flexibility index (Phi) is 5.15. The molecule has 0 aliphatic heterocycles. The van der Waals surface area contributed by atoms with Crippen molar-refractivity contribution in [2.24, 2.45) is 0 Å². The molecule has 3 nitrogen and oxygen atoms in total. The molecule has 2 aromatic carbocycles. The maximum atomic E-state index is 13.4. The lowest BCUT2D eigenvalue weighted by Crippen LogP contribution is -2.03. The molecule has 0 saturated heterocycles. The molecule has 6 heteroatoms. The maximum Gasteiger partial charge on any atom is 0.145 e. The number of methoxy groups -OCH3 is 2. The van der Waals surface area contributed by atoms with Gasteiger partial charge in [0.2, 0.25) is 0 Å². The van der Waals surface area contributed by atoms with Crippen LogP contribution in [0.3, 0.4) is 0 Å². The minimum absolute atomic E-state index is 0.101. The molecule has 0 atom stereocenters. The SMILES string of the molecule is COc1cc(OC)c(NCc2cccc(F)c2Cl)cc1Cl. The molecule has 0 aromatic heterocycles. The molecule has 2 aromatic rings. The number of hydrogen-bond donors (Lipinski definition) is 1. The minimum Gasteiger partial charge on any atom is -0.495 e. The van der Waals surface area contributed by atoms with Gasteiger partial charge in [0.15, 0.2) is 0 Å². The van der Waals surface area contributed by atoms with Crippen molar-refractivity contribution in [3.63, 3.8) is 0 Å². The zero-order valence-electron chi connectivity index (χ0n) is 11.5. The molecule has 0 fully saturated rings. The highest BCUT2D eigenvalue weighted by Gasteiger charge is 2.11. The predicted molar refractivity (Wildman–Crippen MR) is 83.3 cm³/mol. The van der Waals surface area contributed by atoms with E-state index in [4.69, 9.17) is 32.7 Å². The molecule has 0 aliphatic rings. The van der Waals surface area contributed by atoms with E-state index in [9.17, 15) is 4.39 Å². The average Bonchev–Trinajstić information content (AvgIpc) is 2.49. The first kappa shape index (κ1) is 15.7. The summed E-state index contributed by atoms with van der Waals surface area (Å²) in [5.74, 6) is 0.641. The highest BCUT2D eigenvalue weighted by atomic mass is 35.5. The summed E-state index contributed by atoms with van der Waals surface area (Å²) < 4.78 is 23.8. The molecular weight excluding hydrogens is 316 g/mol. The van der Waals surface area contributed by atoms with Crippen LogP contribution in [0.4, 0.5) is 10.1 Å². The largest absolute Gasteiger partial charge is 0.495 e. The van der Waals surface area contributed by atoms with E-state index in [0.29, 0.717) is 34.3 Å². The van der Waals surface area contributed by atoms with E-state index in [2.05, 4.69) is 5.32 Å². The molecule has 0 aliphatic carbocycles. The van der Waals surface area contributed by atoms with Gasteiger partial charge in [-0.25, -0.2) is 4.39 Å². The second kappa shape index (κ2) is 6.87. The number of rotatable bonds is 5. The van der Waals surface area contributed by atoms with Crippen molar-refractivity contribution < 1.29 is 13.9 Å². The fourth-order valence-corrected chi connectivity index (χ4v) is 2.31. The van der Waals surface area contributed by atoms with Gasteiger partial charge in [0.05, 0.1) is 30.0 Å². The summed E-state index contributed by atoms with van der Waals surface area (Å²) in [6, 6.07) is 8.04. The Hall–Kier alpha value is -1.65. The lowest BCUT2D eigenvalue weighted by atomic mass is 10.2. The second-order valence-electron chi connectivity index (χ2n) is 4.25. The summed E-state index contributed by atoms with van der Waals surface area (Å²) >= 11 is 12.0. The van der Waals surface area contributed by atoms with E-state index in [1.807, 2.05) is 0 Å². The van der Waals surface area contributed by atoms with Crippen LogP contribution in [-0.2, 0) is 6.54 Å². The Morgan fingerprint density at radius 1 is 1.10 bits per heavy atom. The number of ether oxygens (including phenoxy) is 2. The van der Waals surface area contributed by atoms with Crippen molar-refractivity contribution in [1.82, 2.24) is 0 Å². The van der Waals surface area contributed by atoms with Crippen LogP contribution in [0, 0.1) is 5.82 Å². The van der Waals surface area contributed by atoms with Crippen LogP contribution in [0.1, 0.15) is 5.56 Å².